The summed E-state index contributed by atoms with van der Waals surface area (Å²) in [6, 6.07) is 14.9. The van der Waals surface area contributed by atoms with E-state index in [1.807, 2.05) is 66.0 Å². The van der Waals surface area contributed by atoms with Crippen LogP contribution in [-0.2, 0) is 4.79 Å². The van der Waals surface area contributed by atoms with Crippen LogP contribution in [0.5, 0.6) is 0 Å². The van der Waals surface area contributed by atoms with Gasteiger partial charge in [-0.15, -0.1) is 0 Å². The van der Waals surface area contributed by atoms with Crippen molar-refractivity contribution in [3.63, 3.8) is 0 Å². The molecule has 0 bridgehead atoms. The van der Waals surface area contributed by atoms with E-state index in [2.05, 4.69) is 10.5 Å². The molecular formula is C27H29ClN4O3. The van der Waals surface area contributed by atoms with Crippen LogP contribution in [0.3, 0.4) is 0 Å². The minimum absolute atomic E-state index is 0.0302. The summed E-state index contributed by atoms with van der Waals surface area (Å²) < 4.78 is 7.22. The number of carbonyl (C=O) groups is 1. The molecule has 1 aliphatic carbocycles. The third-order valence-corrected chi connectivity index (χ3v) is 7.34. The van der Waals surface area contributed by atoms with Crippen molar-refractivity contribution in [1.29, 1.82) is 0 Å². The molecule has 0 saturated heterocycles. The zero-order valence-electron chi connectivity index (χ0n) is 20.1. The van der Waals surface area contributed by atoms with E-state index in [0.29, 0.717) is 28.1 Å². The van der Waals surface area contributed by atoms with Gasteiger partial charge in [-0.2, -0.15) is 0 Å². The summed E-state index contributed by atoms with van der Waals surface area (Å²) >= 11 is 6.57. The first-order valence-electron chi connectivity index (χ1n) is 12.0. The van der Waals surface area contributed by atoms with E-state index in [0.717, 1.165) is 35.7 Å². The first-order valence-corrected chi connectivity index (χ1v) is 12.3. The number of nitrogens with zero attached hydrogens (tertiary/aromatic N) is 3. The number of likely N-dealkylation sites (N-methyl/N-ethyl adjacent to an activating group) is 1. The molecule has 2 heterocycles. The number of benzene rings is 2. The first kappa shape index (κ1) is 23.6. The summed E-state index contributed by atoms with van der Waals surface area (Å²) in [6.45, 7) is 1.75. The lowest BCUT2D eigenvalue weighted by molar-refractivity contribution is -0.126. The number of halogens is 1. The van der Waals surface area contributed by atoms with Crippen molar-refractivity contribution >= 4 is 39.3 Å². The molecule has 2 aromatic carbocycles. The van der Waals surface area contributed by atoms with Gasteiger partial charge in [-0.1, -0.05) is 53.2 Å². The maximum absolute atomic E-state index is 13.7. The molecule has 3 unspecified atom stereocenters. The molecule has 0 radical (unpaired) electrons. The number of carbonyl (C=O) groups excluding carboxylic acids is 1. The first-order chi connectivity index (χ1) is 16.9. The number of aryl methyl sites for hydroxylation is 1. The van der Waals surface area contributed by atoms with E-state index >= 15 is 0 Å². The zero-order valence-corrected chi connectivity index (χ0v) is 20.9. The van der Waals surface area contributed by atoms with E-state index in [9.17, 15) is 9.59 Å². The van der Waals surface area contributed by atoms with Crippen LogP contribution in [0.2, 0.25) is 5.02 Å². The zero-order chi connectivity index (χ0) is 24.7. The fourth-order valence-corrected chi connectivity index (χ4v) is 5.72. The van der Waals surface area contributed by atoms with Crippen LogP contribution in [0, 0.1) is 6.92 Å². The largest absolute Gasteiger partial charge is 0.360 e. The highest BCUT2D eigenvalue weighted by atomic mass is 35.5. The van der Waals surface area contributed by atoms with Gasteiger partial charge in [-0.05, 0) is 64.4 Å². The Morgan fingerprint density at radius 3 is 2.66 bits per heavy atom. The lowest BCUT2D eigenvalue weighted by Crippen LogP contribution is -2.45. The minimum Gasteiger partial charge on any atom is -0.360 e. The molecule has 5 rings (SSSR count). The number of nitrogens with one attached hydrogen (secondary N) is 1. The van der Waals surface area contributed by atoms with E-state index < -0.39 is 0 Å². The highest BCUT2D eigenvalue weighted by Gasteiger charge is 2.31. The fourth-order valence-electron chi connectivity index (χ4n) is 5.46. The summed E-state index contributed by atoms with van der Waals surface area (Å²) in [5, 5.41) is 9.13. The standard InChI is InChI=1S/C27H29ClN4O3/c1-16-22-24(30-35-16)23-20(28)13-8-14-21(23)32(27(22)34)19-12-7-11-18(15-19)29-26(33)25(31(2)3)17-9-5-4-6-10-17/h4-6,8-10,13-14,18-19,25H,7,11-12,15H2,1-3H3,(H,29,33). The molecule has 1 N–H and O–H groups in total. The van der Waals surface area contributed by atoms with Crippen LogP contribution in [0.25, 0.3) is 21.8 Å². The number of hydrogen-bond donors (Lipinski definition) is 1. The molecular weight excluding hydrogens is 464 g/mol. The maximum atomic E-state index is 13.7. The average Bonchev–Trinajstić information content (AvgIpc) is 3.21. The number of amides is 1. The van der Waals surface area contributed by atoms with Crippen molar-refractivity contribution in [1.82, 2.24) is 19.9 Å². The topological polar surface area (TPSA) is 80.4 Å². The van der Waals surface area contributed by atoms with Gasteiger partial charge < -0.3 is 14.4 Å². The van der Waals surface area contributed by atoms with Crippen molar-refractivity contribution in [3.05, 3.63) is 75.2 Å². The Kier molecular flexibility index (Phi) is 6.38. The molecule has 8 heteroatoms. The lowest BCUT2D eigenvalue weighted by atomic mass is 9.89. The number of aromatic nitrogens is 2. The van der Waals surface area contributed by atoms with Crippen molar-refractivity contribution in [2.75, 3.05) is 14.1 Å². The van der Waals surface area contributed by atoms with E-state index in [4.69, 9.17) is 16.1 Å². The fraction of sp³-hybridized carbons (Fsp3) is 0.370. The summed E-state index contributed by atoms with van der Waals surface area (Å²) in [7, 11) is 3.82. The predicted molar refractivity (Wildman–Crippen MR) is 138 cm³/mol. The molecule has 4 aromatic rings. The summed E-state index contributed by atoms with van der Waals surface area (Å²) in [6.07, 6.45) is 3.29. The van der Waals surface area contributed by atoms with Gasteiger partial charge in [0, 0.05) is 17.5 Å². The molecule has 3 atom stereocenters. The van der Waals surface area contributed by atoms with Crippen LogP contribution in [-0.4, -0.2) is 40.7 Å². The molecule has 1 saturated carbocycles. The molecule has 2 aromatic heterocycles. The predicted octanol–water partition coefficient (Wildman–Crippen LogP) is 5.01. The highest BCUT2D eigenvalue weighted by molar-refractivity contribution is 6.37. The Morgan fingerprint density at radius 1 is 1.14 bits per heavy atom. The smallest absolute Gasteiger partial charge is 0.264 e. The van der Waals surface area contributed by atoms with E-state index in [1.165, 1.54) is 0 Å². The van der Waals surface area contributed by atoms with Crippen LogP contribution in [0.1, 0.15) is 49.1 Å². The number of rotatable bonds is 5. The van der Waals surface area contributed by atoms with E-state index in [-0.39, 0.29) is 29.6 Å². The second-order valence-corrected chi connectivity index (χ2v) is 9.98. The monoisotopic (exact) mass is 492 g/mol. The molecule has 35 heavy (non-hydrogen) atoms. The Hall–Kier alpha value is -3.16. The third-order valence-electron chi connectivity index (χ3n) is 7.02. The maximum Gasteiger partial charge on any atom is 0.264 e. The van der Waals surface area contributed by atoms with Crippen LogP contribution < -0.4 is 10.9 Å². The minimum atomic E-state index is -0.380. The molecule has 1 aliphatic rings. The Bertz CT molecular complexity index is 1440. The average molecular weight is 493 g/mol. The third kappa shape index (κ3) is 4.23. The van der Waals surface area contributed by atoms with Gasteiger partial charge in [-0.25, -0.2) is 0 Å². The molecule has 7 nitrogen and oxygen atoms in total. The van der Waals surface area contributed by atoms with Gasteiger partial charge in [0.05, 0.1) is 10.5 Å². The SMILES string of the molecule is Cc1onc2c1c(=O)n(C1CCCC(NC(=O)C(c3ccccc3)N(C)C)C1)c1cccc(Cl)c21. The Balaban J connectivity index is 1.48. The van der Waals surface area contributed by atoms with Gasteiger partial charge in [0.15, 0.2) is 0 Å². The summed E-state index contributed by atoms with van der Waals surface area (Å²) in [4.78, 5) is 28.9. The number of pyridine rings is 1. The van der Waals surface area contributed by atoms with Crippen LogP contribution >= 0.6 is 11.6 Å². The molecule has 1 fully saturated rings. The summed E-state index contributed by atoms with van der Waals surface area (Å²) in [5.41, 5.74) is 2.07. The van der Waals surface area contributed by atoms with Gasteiger partial charge in [0.2, 0.25) is 5.91 Å². The molecule has 0 spiro atoms. The normalized spacial score (nSPS) is 19.3. The number of hydrogen-bond acceptors (Lipinski definition) is 5. The lowest BCUT2D eigenvalue weighted by Gasteiger charge is -2.33. The second-order valence-electron chi connectivity index (χ2n) is 9.57. The van der Waals surface area contributed by atoms with Crippen molar-refractivity contribution in [2.24, 2.45) is 0 Å². The van der Waals surface area contributed by atoms with Gasteiger partial charge in [0.25, 0.3) is 5.56 Å². The van der Waals surface area contributed by atoms with Crippen molar-refractivity contribution in [2.45, 2.75) is 50.7 Å². The van der Waals surface area contributed by atoms with Crippen LogP contribution in [0.4, 0.5) is 0 Å². The molecule has 182 valence electrons. The number of fused-ring (bicyclic) bond motifs is 3. The van der Waals surface area contributed by atoms with Crippen molar-refractivity contribution in [3.8, 4) is 0 Å². The van der Waals surface area contributed by atoms with E-state index in [1.54, 1.807) is 13.0 Å². The Morgan fingerprint density at radius 2 is 1.91 bits per heavy atom. The summed E-state index contributed by atoms with van der Waals surface area (Å²) in [5.74, 6) is 0.454. The van der Waals surface area contributed by atoms with Gasteiger partial charge in [-0.3, -0.25) is 14.5 Å². The highest BCUT2D eigenvalue weighted by Crippen LogP contribution is 2.35. The Labute approximate surface area is 208 Å². The quantitative estimate of drug-likeness (QED) is 0.423. The second kappa shape index (κ2) is 9.47. The van der Waals surface area contributed by atoms with Gasteiger partial charge >= 0.3 is 0 Å². The van der Waals surface area contributed by atoms with Gasteiger partial charge in [0.1, 0.15) is 22.7 Å². The molecule has 0 aliphatic heterocycles. The van der Waals surface area contributed by atoms with Crippen LogP contribution in [0.15, 0.2) is 57.8 Å². The van der Waals surface area contributed by atoms with Crippen molar-refractivity contribution < 1.29 is 9.32 Å². The molecule has 1 amide bonds.